The van der Waals surface area contributed by atoms with E-state index < -0.39 is 0 Å². The summed E-state index contributed by atoms with van der Waals surface area (Å²) < 4.78 is 17.9. The summed E-state index contributed by atoms with van der Waals surface area (Å²) in [5, 5.41) is 1.36. The number of esters is 1. The van der Waals surface area contributed by atoms with E-state index in [2.05, 4.69) is 4.98 Å². The second kappa shape index (κ2) is 8.39. The van der Waals surface area contributed by atoms with Crippen LogP contribution in [0.5, 0.6) is 11.5 Å². The lowest BCUT2D eigenvalue weighted by molar-refractivity contribution is -0.152. The summed E-state index contributed by atoms with van der Waals surface area (Å²) in [5.41, 5.74) is 2.49. The van der Waals surface area contributed by atoms with Gasteiger partial charge >= 0.3 is 5.97 Å². The Balaban J connectivity index is 1.81. The second-order valence-electron chi connectivity index (χ2n) is 7.54. The number of methoxy groups -OCH3 is 3. The predicted molar refractivity (Wildman–Crippen MR) is 116 cm³/mol. The van der Waals surface area contributed by atoms with Crippen LogP contribution in [0.25, 0.3) is 21.9 Å². The van der Waals surface area contributed by atoms with Gasteiger partial charge in [0.1, 0.15) is 17.5 Å². The number of hydrogen-bond acceptors (Lipinski definition) is 7. The van der Waals surface area contributed by atoms with Gasteiger partial charge in [-0.1, -0.05) is 0 Å². The molecule has 3 heterocycles. The van der Waals surface area contributed by atoms with Crippen LogP contribution in [0, 0.1) is 0 Å². The average molecular weight is 423 g/mol. The molecule has 3 aromatic rings. The van der Waals surface area contributed by atoms with Crippen LogP contribution in [0.3, 0.4) is 0 Å². The van der Waals surface area contributed by atoms with Gasteiger partial charge in [-0.15, -0.1) is 0 Å². The molecule has 1 fully saturated rings. The number of likely N-dealkylation sites (tertiary alicyclic amines) is 1. The maximum Gasteiger partial charge on any atom is 0.323 e. The molecule has 0 bridgehead atoms. The molecular formula is C23H25N3O5. The quantitative estimate of drug-likeness (QED) is 0.563. The monoisotopic (exact) mass is 423 g/mol. The van der Waals surface area contributed by atoms with Gasteiger partial charge in [-0.25, -0.2) is 0 Å². The number of aromatic nitrogens is 2. The van der Waals surface area contributed by atoms with Gasteiger partial charge in [0.2, 0.25) is 0 Å². The smallest absolute Gasteiger partial charge is 0.323 e. The summed E-state index contributed by atoms with van der Waals surface area (Å²) in [7, 11) is 6.34. The van der Waals surface area contributed by atoms with Crippen LogP contribution in [0.1, 0.15) is 12.0 Å². The van der Waals surface area contributed by atoms with Crippen molar-refractivity contribution >= 4 is 16.7 Å². The third-order valence-corrected chi connectivity index (χ3v) is 5.87. The van der Waals surface area contributed by atoms with E-state index >= 15 is 0 Å². The van der Waals surface area contributed by atoms with Gasteiger partial charge in [0.15, 0.2) is 0 Å². The number of fused-ring (bicyclic) bond motifs is 1. The third kappa shape index (κ3) is 3.63. The lowest BCUT2D eigenvalue weighted by Crippen LogP contribution is -2.52. The van der Waals surface area contributed by atoms with E-state index in [-0.39, 0.29) is 17.6 Å². The molecule has 1 aromatic carbocycles. The van der Waals surface area contributed by atoms with Crippen LogP contribution in [0.2, 0.25) is 0 Å². The molecule has 0 radical (unpaired) electrons. The summed E-state index contributed by atoms with van der Waals surface area (Å²) in [6.07, 6.45) is 5.83. The van der Waals surface area contributed by atoms with Gasteiger partial charge in [-0.05, 0) is 35.6 Å². The molecule has 0 unspecified atom stereocenters. The van der Waals surface area contributed by atoms with Crippen LogP contribution >= 0.6 is 0 Å². The Labute approximate surface area is 180 Å². The highest BCUT2D eigenvalue weighted by molar-refractivity contribution is 5.95. The van der Waals surface area contributed by atoms with E-state index in [1.807, 2.05) is 23.1 Å². The Morgan fingerprint density at radius 3 is 2.45 bits per heavy atom. The molecule has 1 atom stereocenters. The number of nitrogens with zero attached hydrogens (tertiary/aromatic N) is 3. The molecule has 0 spiro atoms. The molecule has 0 amide bonds. The normalized spacial score (nSPS) is 16.1. The average Bonchev–Trinajstić information content (AvgIpc) is 2.78. The van der Waals surface area contributed by atoms with E-state index in [4.69, 9.17) is 14.2 Å². The van der Waals surface area contributed by atoms with Crippen molar-refractivity contribution in [2.75, 3.05) is 27.9 Å². The Morgan fingerprint density at radius 1 is 1.16 bits per heavy atom. The van der Waals surface area contributed by atoms with Gasteiger partial charge in [-0.2, -0.15) is 0 Å². The topological polar surface area (TPSA) is 82.9 Å². The summed E-state index contributed by atoms with van der Waals surface area (Å²) in [6, 6.07) is 5.45. The van der Waals surface area contributed by atoms with Crippen molar-refractivity contribution in [3.05, 3.63) is 52.7 Å². The minimum atomic E-state index is -0.251. The SMILES string of the molecule is COC(=O)[C@@H]1CCN1Cc1c(OC)cc(-c2cn(C)c(=O)c3cnccc23)cc1OC. The van der Waals surface area contributed by atoms with Crippen molar-refractivity contribution in [1.82, 2.24) is 14.5 Å². The van der Waals surface area contributed by atoms with Crippen molar-refractivity contribution in [3.8, 4) is 22.6 Å². The Bertz CT molecular complexity index is 1180. The van der Waals surface area contributed by atoms with Gasteiger partial charge in [0.25, 0.3) is 5.56 Å². The van der Waals surface area contributed by atoms with Gasteiger partial charge in [-0.3, -0.25) is 19.5 Å². The van der Waals surface area contributed by atoms with Crippen molar-refractivity contribution in [3.63, 3.8) is 0 Å². The Kier molecular flexibility index (Phi) is 5.65. The fourth-order valence-corrected chi connectivity index (χ4v) is 4.07. The molecule has 1 saturated heterocycles. The molecule has 162 valence electrons. The van der Waals surface area contributed by atoms with Crippen molar-refractivity contribution in [2.24, 2.45) is 7.05 Å². The standard InChI is InChI=1S/C23H25N3O5/c1-25-12-17(15-5-7-24-11-16(15)22(25)27)14-9-20(29-2)18(21(10-14)30-3)13-26-8-6-19(26)23(28)31-4/h5,7,9-12,19H,6,8,13H2,1-4H3/t19-/m0/s1. The number of rotatable bonds is 6. The Hall–Kier alpha value is -3.39. The van der Waals surface area contributed by atoms with E-state index in [1.165, 1.54) is 7.11 Å². The molecule has 0 N–H and O–H groups in total. The highest BCUT2D eigenvalue weighted by atomic mass is 16.5. The summed E-state index contributed by atoms with van der Waals surface area (Å²) in [5.74, 6) is 1.08. The summed E-state index contributed by atoms with van der Waals surface area (Å²) >= 11 is 0. The molecule has 31 heavy (non-hydrogen) atoms. The maximum absolute atomic E-state index is 12.5. The minimum Gasteiger partial charge on any atom is -0.496 e. The third-order valence-electron chi connectivity index (χ3n) is 5.87. The van der Waals surface area contributed by atoms with Crippen LogP contribution in [-0.4, -0.2) is 54.3 Å². The summed E-state index contributed by atoms with van der Waals surface area (Å²) in [4.78, 5) is 30.6. The molecule has 8 nitrogen and oxygen atoms in total. The van der Waals surface area contributed by atoms with Crippen LogP contribution in [-0.2, 0) is 23.1 Å². The minimum absolute atomic E-state index is 0.103. The van der Waals surface area contributed by atoms with Crippen molar-refractivity contribution in [1.29, 1.82) is 0 Å². The first kappa shape index (κ1) is 20.9. The predicted octanol–water partition coefficient (Wildman–Crippen LogP) is 2.37. The number of ether oxygens (including phenoxy) is 3. The summed E-state index contributed by atoms with van der Waals surface area (Å²) in [6.45, 7) is 1.30. The van der Waals surface area contributed by atoms with Crippen LogP contribution in [0.15, 0.2) is 41.6 Å². The first-order valence-electron chi connectivity index (χ1n) is 9.99. The number of pyridine rings is 2. The zero-order valence-corrected chi connectivity index (χ0v) is 18.0. The Morgan fingerprint density at radius 2 is 1.87 bits per heavy atom. The fourth-order valence-electron chi connectivity index (χ4n) is 4.07. The molecule has 8 heteroatoms. The second-order valence-corrected chi connectivity index (χ2v) is 7.54. The number of carbonyl (C=O) groups excluding carboxylic acids is 1. The van der Waals surface area contributed by atoms with Gasteiger partial charge in [0, 0.05) is 44.3 Å². The van der Waals surface area contributed by atoms with E-state index in [0.717, 1.165) is 35.0 Å². The molecule has 1 aliphatic rings. The number of aryl methyl sites for hydroxylation is 1. The van der Waals surface area contributed by atoms with Gasteiger partial charge < -0.3 is 18.8 Å². The lowest BCUT2D eigenvalue weighted by Gasteiger charge is -2.39. The number of hydrogen-bond donors (Lipinski definition) is 0. The molecule has 1 aliphatic heterocycles. The largest absolute Gasteiger partial charge is 0.496 e. The fraction of sp³-hybridized carbons (Fsp3) is 0.348. The highest BCUT2D eigenvalue weighted by Gasteiger charge is 2.36. The zero-order chi connectivity index (χ0) is 22.1. The van der Waals surface area contributed by atoms with E-state index in [9.17, 15) is 9.59 Å². The molecule has 0 aliphatic carbocycles. The van der Waals surface area contributed by atoms with Crippen molar-refractivity contribution in [2.45, 2.75) is 19.0 Å². The molecule has 2 aromatic heterocycles. The lowest BCUT2D eigenvalue weighted by atomic mass is 9.97. The van der Waals surface area contributed by atoms with Crippen molar-refractivity contribution < 1.29 is 19.0 Å². The van der Waals surface area contributed by atoms with E-state index in [0.29, 0.717) is 23.4 Å². The first-order valence-corrected chi connectivity index (χ1v) is 9.99. The molecule has 0 saturated carbocycles. The van der Waals surface area contributed by atoms with E-state index in [1.54, 1.807) is 44.4 Å². The van der Waals surface area contributed by atoms with Gasteiger partial charge in [0.05, 0.1) is 32.3 Å². The van der Waals surface area contributed by atoms with Crippen LogP contribution < -0.4 is 15.0 Å². The zero-order valence-electron chi connectivity index (χ0n) is 18.0. The first-order chi connectivity index (χ1) is 15.0. The number of carbonyl (C=O) groups is 1. The maximum atomic E-state index is 12.5. The highest BCUT2D eigenvalue weighted by Crippen LogP contribution is 2.38. The number of benzene rings is 1. The molecular weight excluding hydrogens is 398 g/mol. The molecule has 4 rings (SSSR count). The van der Waals surface area contributed by atoms with Crippen LogP contribution in [0.4, 0.5) is 0 Å².